The second-order valence-corrected chi connectivity index (χ2v) is 5.62. The van der Waals surface area contributed by atoms with Crippen LogP contribution in [-0.2, 0) is 0 Å². The average Bonchev–Trinajstić information content (AvgIpc) is 2.91. The van der Waals surface area contributed by atoms with E-state index in [1.165, 1.54) is 0 Å². The number of aryl methyl sites for hydroxylation is 2. The molecule has 4 aromatic rings. The fraction of sp³-hybridized carbons (Fsp3) is 0.111. The van der Waals surface area contributed by atoms with Crippen LogP contribution in [0, 0.1) is 13.8 Å². The Morgan fingerprint density at radius 1 is 1.04 bits per heavy atom. The molecule has 0 aliphatic carbocycles. The molecule has 0 aliphatic rings. The zero-order valence-electron chi connectivity index (χ0n) is 12.8. The highest BCUT2D eigenvalue weighted by molar-refractivity contribution is 6.19. The van der Waals surface area contributed by atoms with Crippen LogP contribution in [0.5, 0.6) is 0 Å². The Bertz CT molecular complexity index is 1080. The SMILES string of the molecule is Cc1c2ccnc(C(N)=O)c2c(C)c2c1[nH]c1ccccc12.Cl. The van der Waals surface area contributed by atoms with Crippen LogP contribution in [-0.4, -0.2) is 15.9 Å². The van der Waals surface area contributed by atoms with Crippen molar-refractivity contribution in [2.75, 3.05) is 0 Å². The number of nitrogens with two attached hydrogens (primary N) is 1. The normalized spacial score (nSPS) is 11.0. The first kappa shape index (κ1) is 15.3. The zero-order valence-corrected chi connectivity index (χ0v) is 13.6. The summed E-state index contributed by atoms with van der Waals surface area (Å²) in [7, 11) is 0. The van der Waals surface area contributed by atoms with Gasteiger partial charge < -0.3 is 10.7 Å². The number of primary amides is 1. The predicted molar refractivity (Wildman–Crippen MR) is 96.3 cm³/mol. The number of hydrogen-bond donors (Lipinski definition) is 2. The van der Waals surface area contributed by atoms with Crippen molar-refractivity contribution in [2.45, 2.75) is 13.8 Å². The van der Waals surface area contributed by atoms with E-state index in [4.69, 9.17) is 5.73 Å². The van der Waals surface area contributed by atoms with E-state index < -0.39 is 5.91 Å². The van der Waals surface area contributed by atoms with Gasteiger partial charge in [-0.25, -0.2) is 0 Å². The molecule has 116 valence electrons. The summed E-state index contributed by atoms with van der Waals surface area (Å²) < 4.78 is 0. The van der Waals surface area contributed by atoms with Crippen molar-refractivity contribution in [1.82, 2.24) is 9.97 Å². The highest BCUT2D eigenvalue weighted by Crippen LogP contribution is 2.37. The number of amides is 1. The minimum Gasteiger partial charge on any atom is -0.364 e. The van der Waals surface area contributed by atoms with Gasteiger partial charge >= 0.3 is 0 Å². The number of rotatable bonds is 1. The molecule has 0 atom stereocenters. The highest BCUT2D eigenvalue weighted by Gasteiger charge is 2.18. The molecule has 1 amide bonds. The maximum Gasteiger partial charge on any atom is 0.267 e. The molecule has 23 heavy (non-hydrogen) atoms. The van der Waals surface area contributed by atoms with Crippen LogP contribution in [0.2, 0.25) is 0 Å². The maximum atomic E-state index is 11.8. The summed E-state index contributed by atoms with van der Waals surface area (Å²) in [4.78, 5) is 19.5. The van der Waals surface area contributed by atoms with Crippen molar-refractivity contribution in [2.24, 2.45) is 5.73 Å². The monoisotopic (exact) mass is 325 g/mol. The number of aromatic nitrogens is 2. The molecule has 0 unspecified atom stereocenters. The summed E-state index contributed by atoms with van der Waals surface area (Å²) in [6.07, 6.45) is 1.64. The Morgan fingerprint density at radius 2 is 1.78 bits per heavy atom. The zero-order chi connectivity index (χ0) is 15.4. The first-order valence-corrected chi connectivity index (χ1v) is 7.17. The number of H-pyrrole nitrogens is 1. The number of carbonyl (C=O) groups excluding carboxylic acids is 1. The molecule has 0 spiro atoms. The van der Waals surface area contributed by atoms with Gasteiger partial charge in [0.05, 0.1) is 5.52 Å². The van der Waals surface area contributed by atoms with E-state index in [-0.39, 0.29) is 12.4 Å². The van der Waals surface area contributed by atoms with Gasteiger partial charge in [0.25, 0.3) is 5.91 Å². The second-order valence-electron chi connectivity index (χ2n) is 5.62. The summed E-state index contributed by atoms with van der Waals surface area (Å²) in [6, 6.07) is 10.1. The number of nitrogens with zero attached hydrogens (tertiary/aromatic N) is 1. The lowest BCUT2D eigenvalue weighted by atomic mass is 9.95. The first-order chi connectivity index (χ1) is 10.6. The van der Waals surface area contributed by atoms with E-state index in [1.807, 2.05) is 25.1 Å². The van der Waals surface area contributed by atoms with Crippen molar-refractivity contribution in [1.29, 1.82) is 0 Å². The third-order valence-electron chi connectivity index (χ3n) is 4.42. The number of aromatic amines is 1. The molecule has 0 aliphatic heterocycles. The van der Waals surface area contributed by atoms with Gasteiger partial charge in [0, 0.05) is 27.9 Å². The summed E-state index contributed by atoms with van der Waals surface area (Å²) in [5.41, 5.74) is 10.2. The third-order valence-corrected chi connectivity index (χ3v) is 4.42. The number of hydrogen-bond acceptors (Lipinski definition) is 2. The summed E-state index contributed by atoms with van der Waals surface area (Å²) in [5, 5.41) is 4.15. The van der Waals surface area contributed by atoms with E-state index in [0.29, 0.717) is 5.69 Å². The molecule has 2 aromatic heterocycles. The molecule has 0 fully saturated rings. The molecule has 3 N–H and O–H groups in total. The predicted octanol–water partition coefficient (Wildman–Crippen LogP) is 4.01. The van der Waals surface area contributed by atoms with Gasteiger partial charge in [-0.15, -0.1) is 12.4 Å². The van der Waals surface area contributed by atoms with Gasteiger partial charge in [0.1, 0.15) is 5.69 Å². The van der Waals surface area contributed by atoms with Gasteiger partial charge in [-0.1, -0.05) is 18.2 Å². The number of halogens is 1. The van der Waals surface area contributed by atoms with Gasteiger partial charge in [-0.05, 0) is 42.5 Å². The van der Waals surface area contributed by atoms with Crippen molar-refractivity contribution in [3.63, 3.8) is 0 Å². The topological polar surface area (TPSA) is 71.8 Å². The smallest absolute Gasteiger partial charge is 0.267 e. The summed E-state index contributed by atoms with van der Waals surface area (Å²) in [5.74, 6) is -0.493. The molecular formula is C18H16ClN3O. The van der Waals surface area contributed by atoms with Crippen molar-refractivity contribution in [3.8, 4) is 0 Å². The molecule has 4 rings (SSSR count). The maximum absolute atomic E-state index is 11.8. The Morgan fingerprint density at radius 3 is 2.52 bits per heavy atom. The lowest BCUT2D eigenvalue weighted by Crippen LogP contribution is -2.14. The molecule has 0 radical (unpaired) electrons. The van der Waals surface area contributed by atoms with Crippen molar-refractivity contribution >= 4 is 50.9 Å². The van der Waals surface area contributed by atoms with E-state index in [1.54, 1.807) is 6.20 Å². The fourth-order valence-electron chi connectivity index (χ4n) is 3.41. The minimum atomic E-state index is -0.493. The van der Waals surface area contributed by atoms with E-state index in [9.17, 15) is 4.79 Å². The van der Waals surface area contributed by atoms with E-state index >= 15 is 0 Å². The summed E-state index contributed by atoms with van der Waals surface area (Å²) >= 11 is 0. The highest BCUT2D eigenvalue weighted by atomic mass is 35.5. The van der Waals surface area contributed by atoms with Crippen molar-refractivity contribution < 1.29 is 4.79 Å². The van der Waals surface area contributed by atoms with Crippen LogP contribution in [0.3, 0.4) is 0 Å². The molecule has 0 bridgehead atoms. The molecule has 4 nitrogen and oxygen atoms in total. The molecular weight excluding hydrogens is 310 g/mol. The van der Waals surface area contributed by atoms with Gasteiger partial charge in [-0.3, -0.25) is 9.78 Å². The number of para-hydroxylation sites is 1. The number of fused-ring (bicyclic) bond motifs is 4. The summed E-state index contributed by atoms with van der Waals surface area (Å²) in [6.45, 7) is 4.09. The largest absolute Gasteiger partial charge is 0.364 e. The quantitative estimate of drug-likeness (QED) is 0.555. The third kappa shape index (κ3) is 1.99. The lowest BCUT2D eigenvalue weighted by molar-refractivity contribution is 0.0997. The molecule has 5 heteroatoms. The first-order valence-electron chi connectivity index (χ1n) is 7.17. The van der Waals surface area contributed by atoms with Crippen LogP contribution >= 0.6 is 12.4 Å². The van der Waals surface area contributed by atoms with Crippen LogP contribution in [0.1, 0.15) is 21.6 Å². The van der Waals surface area contributed by atoms with Gasteiger partial charge in [0.15, 0.2) is 0 Å². The Kier molecular flexibility index (Phi) is 3.49. The Labute approximate surface area is 139 Å². The molecule has 2 heterocycles. The van der Waals surface area contributed by atoms with Gasteiger partial charge in [-0.2, -0.15) is 0 Å². The molecule has 0 saturated carbocycles. The van der Waals surface area contributed by atoms with Crippen LogP contribution in [0.25, 0.3) is 32.6 Å². The Hall–Kier alpha value is -2.59. The van der Waals surface area contributed by atoms with E-state index in [0.717, 1.165) is 43.7 Å². The van der Waals surface area contributed by atoms with Gasteiger partial charge in [0.2, 0.25) is 0 Å². The fourth-order valence-corrected chi connectivity index (χ4v) is 3.41. The average molecular weight is 326 g/mol. The number of nitrogens with one attached hydrogen (secondary N) is 1. The lowest BCUT2D eigenvalue weighted by Gasteiger charge is -2.11. The molecule has 2 aromatic carbocycles. The van der Waals surface area contributed by atoms with E-state index in [2.05, 4.69) is 29.0 Å². The number of pyridine rings is 1. The van der Waals surface area contributed by atoms with Crippen LogP contribution in [0.15, 0.2) is 36.5 Å². The standard InChI is InChI=1S/C18H15N3O.ClH/c1-9-11-7-8-20-17(18(19)22)14(11)10(2)15-12-5-3-4-6-13(12)21-16(9)15;/h3-8,21H,1-2H3,(H2,19,22);1H. The minimum absolute atomic E-state index is 0. The molecule has 0 saturated heterocycles. The second kappa shape index (κ2) is 5.25. The van der Waals surface area contributed by atoms with Crippen LogP contribution < -0.4 is 5.73 Å². The van der Waals surface area contributed by atoms with Crippen molar-refractivity contribution in [3.05, 3.63) is 53.3 Å². The Balaban J connectivity index is 0.00000156. The van der Waals surface area contributed by atoms with Crippen LogP contribution in [0.4, 0.5) is 0 Å². The number of benzene rings is 2. The number of carbonyl (C=O) groups is 1.